The van der Waals surface area contributed by atoms with Crippen LogP contribution in [0.15, 0.2) is 30.3 Å². The molecule has 2 aliphatic rings. The Morgan fingerprint density at radius 2 is 2.10 bits per heavy atom. The highest BCUT2D eigenvalue weighted by atomic mass is 16.5. The maximum atomic E-state index is 12.8. The maximum absolute atomic E-state index is 12.8. The number of benzene rings is 1. The van der Waals surface area contributed by atoms with Gasteiger partial charge in [0.15, 0.2) is 0 Å². The van der Waals surface area contributed by atoms with Gasteiger partial charge in [-0.05, 0) is 38.8 Å². The van der Waals surface area contributed by atoms with Crippen molar-refractivity contribution in [2.45, 2.75) is 38.3 Å². The van der Waals surface area contributed by atoms with E-state index in [1.54, 1.807) is 0 Å². The first-order valence-electron chi connectivity index (χ1n) is 7.82. The van der Waals surface area contributed by atoms with Crippen LogP contribution < -0.4 is 4.90 Å². The zero-order valence-corrected chi connectivity index (χ0v) is 12.9. The van der Waals surface area contributed by atoms with Crippen LogP contribution in [-0.2, 0) is 9.53 Å². The van der Waals surface area contributed by atoms with E-state index in [-0.39, 0.29) is 17.5 Å². The SMILES string of the molecule is CC(C)N(C(=O)CN1CCC12CCOC2)c1ccccc1. The standard InChI is InChI=1S/C17H24N2O2/c1-14(2)19(15-6-4-3-5-7-15)16(20)12-18-10-8-17(18)9-11-21-13-17/h3-7,14H,8-13H2,1-2H3. The van der Waals surface area contributed by atoms with Gasteiger partial charge in [-0.3, -0.25) is 9.69 Å². The van der Waals surface area contributed by atoms with Gasteiger partial charge in [0.1, 0.15) is 0 Å². The van der Waals surface area contributed by atoms with Gasteiger partial charge in [0.05, 0.1) is 13.2 Å². The molecular weight excluding hydrogens is 264 g/mol. The zero-order valence-electron chi connectivity index (χ0n) is 12.9. The van der Waals surface area contributed by atoms with Crippen molar-refractivity contribution in [3.8, 4) is 0 Å². The lowest BCUT2D eigenvalue weighted by Crippen LogP contribution is -2.63. The highest BCUT2D eigenvalue weighted by molar-refractivity contribution is 5.95. The van der Waals surface area contributed by atoms with Crippen molar-refractivity contribution in [3.05, 3.63) is 30.3 Å². The number of hydrogen-bond donors (Lipinski definition) is 0. The molecule has 1 spiro atoms. The summed E-state index contributed by atoms with van der Waals surface area (Å²) in [5.74, 6) is 0.183. The van der Waals surface area contributed by atoms with Gasteiger partial charge >= 0.3 is 0 Å². The fraction of sp³-hybridized carbons (Fsp3) is 0.588. The molecule has 2 fully saturated rings. The molecule has 0 aromatic heterocycles. The number of carbonyl (C=O) groups is 1. The zero-order chi connectivity index (χ0) is 14.9. The molecule has 0 N–H and O–H groups in total. The Balaban J connectivity index is 1.71. The van der Waals surface area contributed by atoms with E-state index in [1.807, 2.05) is 35.2 Å². The van der Waals surface area contributed by atoms with Crippen molar-refractivity contribution in [1.82, 2.24) is 4.90 Å². The summed E-state index contributed by atoms with van der Waals surface area (Å²) in [5.41, 5.74) is 1.13. The first-order chi connectivity index (χ1) is 10.1. The van der Waals surface area contributed by atoms with Crippen molar-refractivity contribution in [3.63, 3.8) is 0 Å². The summed E-state index contributed by atoms with van der Waals surface area (Å²) in [6.07, 6.45) is 2.22. The van der Waals surface area contributed by atoms with Crippen LogP contribution in [0.3, 0.4) is 0 Å². The highest BCUT2D eigenvalue weighted by Crippen LogP contribution is 2.37. The third-order valence-corrected chi connectivity index (χ3v) is 4.75. The third-order valence-electron chi connectivity index (χ3n) is 4.75. The molecule has 0 aliphatic carbocycles. The van der Waals surface area contributed by atoms with E-state index in [4.69, 9.17) is 4.74 Å². The van der Waals surface area contributed by atoms with Crippen LogP contribution in [0.2, 0.25) is 0 Å². The Morgan fingerprint density at radius 3 is 2.62 bits per heavy atom. The molecule has 4 heteroatoms. The number of para-hydroxylation sites is 1. The van der Waals surface area contributed by atoms with Crippen LogP contribution in [-0.4, -0.2) is 48.7 Å². The molecule has 1 atom stereocenters. The van der Waals surface area contributed by atoms with Gasteiger partial charge in [0.2, 0.25) is 5.91 Å². The summed E-state index contributed by atoms with van der Waals surface area (Å²) in [6, 6.07) is 10.1. The Hall–Kier alpha value is -1.39. The highest BCUT2D eigenvalue weighted by Gasteiger charge is 2.48. The largest absolute Gasteiger partial charge is 0.379 e. The molecule has 21 heavy (non-hydrogen) atoms. The topological polar surface area (TPSA) is 32.8 Å². The lowest BCUT2D eigenvalue weighted by Gasteiger charge is -2.50. The molecule has 3 rings (SSSR count). The van der Waals surface area contributed by atoms with E-state index in [9.17, 15) is 4.79 Å². The average molecular weight is 288 g/mol. The van der Waals surface area contributed by atoms with E-state index in [2.05, 4.69) is 18.7 Å². The van der Waals surface area contributed by atoms with Crippen LogP contribution in [0.1, 0.15) is 26.7 Å². The first-order valence-corrected chi connectivity index (χ1v) is 7.82. The van der Waals surface area contributed by atoms with Crippen LogP contribution in [0.25, 0.3) is 0 Å². The maximum Gasteiger partial charge on any atom is 0.241 e. The van der Waals surface area contributed by atoms with Crippen molar-refractivity contribution < 1.29 is 9.53 Å². The molecular formula is C17H24N2O2. The van der Waals surface area contributed by atoms with Gasteiger partial charge in [-0.2, -0.15) is 0 Å². The third kappa shape index (κ3) is 2.70. The molecule has 0 radical (unpaired) electrons. The van der Waals surface area contributed by atoms with Crippen LogP contribution in [0, 0.1) is 0 Å². The Bertz CT molecular complexity index is 495. The lowest BCUT2D eigenvalue weighted by atomic mass is 9.84. The Labute approximate surface area is 126 Å². The molecule has 0 bridgehead atoms. The number of carbonyl (C=O) groups excluding carboxylic acids is 1. The van der Waals surface area contributed by atoms with Crippen molar-refractivity contribution in [2.75, 3.05) is 31.2 Å². The normalized spacial score (nSPS) is 25.3. The smallest absolute Gasteiger partial charge is 0.241 e. The predicted molar refractivity (Wildman–Crippen MR) is 83.4 cm³/mol. The van der Waals surface area contributed by atoms with Crippen molar-refractivity contribution >= 4 is 11.6 Å². The summed E-state index contributed by atoms with van der Waals surface area (Å²) in [6.45, 7) is 7.25. The Kier molecular flexibility index (Phi) is 4.00. The molecule has 1 aromatic rings. The predicted octanol–water partition coefficient (Wildman–Crippen LogP) is 2.29. The van der Waals surface area contributed by atoms with Crippen molar-refractivity contribution in [1.29, 1.82) is 0 Å². The van der Waals surface area contributed by atoms with E-state index in [1.165, 1.54) is 0 Å². The minimum Gasteiger partial charge on any atom is -0.379 e. The van der Waals surface area contributed by atoms with Gasteiger partial charge in [-0.15, -0.1) is 0 Å². The number of ether oxygens (including phenoxy) is 1. The number of anilines is 1. The number of rotatable bonds is 4. The van der Waals surface area contributed by atoms with Gasteiger partial charge in [0, 0.05) is 30.4 Å². The van der Waals surface area contributed by atoms with E-state index < -0.39 is 0 Å². The average Bonchev–Trinajstić information content (AvgIpc) is 2.97. The molecule has 114 valence electrons. The molecule has 1 amide bonds. The molecule has 1 unspecified atom stereocenters. The fourth-order valence-corrected chi connectivity index (χ4v) is 3.43. The molecule has 1 aromatic carbocycles. The summed E-state index contributed by atoms with van der Waals surface area (Å²) in [5, 5.41) is 0. The van der Waals surface area contributed by atoms with E-state index in [0.29, 0.717) is 6.54 Å². The Morgan fingerprint density at radius 1 is 1.33 bits per heavy atom. The second kappa shape index (κ2) is 5.78. The van der Waals surface area contributed by atoms with Crippen LogP contribution in [0.4, 0.5) is 5.69 Å². The number of likely N-dealkylation sites (tertiary alicyclic amines) is 1. The second-order valence-corrected chi connectivity index (χ2v) is 6.39. The molecule has 2 saturated heterocycles. The van der Waals surface area contributed by atoms with Crippen LogP contribution in [0.5, 0.6) is 0 Å². The number of amides is 1. The molecule has 0 saturated carbocycles. The second-order valence-electron chi connectivity index (χ2n) is 6.39. The molecule has 2 aliphatic heterocycles. The number of nitrogens with zero attached hydrogens (tertiary/aromatic N) is 2. The quantitative estimate of drug-likeness (QED) is 0.852. The summed E-state index contributed by atoms with van der Waals surface area (Å²) in [4.78, 5) is 17.0. The van der Waals surface area contributed by atoms with Gasteiger partial charge in [0.25, 0.3) is 0 Å². The van der Waals surface area contributed by atoms with E-state index in [0.717, 1.165) is 38.3 Å². The minimum absolute atomic E-state index is 0.148. The van der Waals surface area contributed by atoms with E-state index >= 15 is 0 Å². The summed E-state index contributed by atoms with van der Waals surface area (Å²) >= 11 is 0. The summed E-state index contributed by atoms with van der Waals surface area (Å²) in [7, 11) is 0. The molecule has 4 nitrogen and oxygen atoms in total. The van der Waals surface area contributed by atoms with Crippen LogP contribution >= 0.6 is 0 Å². The minimum atomic E-state index is 0.148. The lowest BCUT2D eigenvalue weighted by molar-refractivity contribution is -0.125. The van der Waals surface area contributed by atoms with Gasteiger partial charge < -0.3 is 9.64 Å². The van der Waals surface area contributed by atoms with Gasteiger partial charge in [-0.1, -0.05) is 18.2 Å². The molecule has 2 heterocycles. The van der Waals surface area contributed by atoms with Gasteiger partial charge in [-0.25, -0.2) is 0 Å². The van der Waals surface area contributed by atoms with Crippen molar-refractivity contribution in [2.24, 2.45) is 0 Å². The monoisotopic (exact) mass is 288 g/mol. The fourth-order valence-electron chi connectivity index (χ4n) is 3.43. The first kappa shape index (κ1) is 14.5. The summed E-state index contributed by atoms with van der Waals surface area (Å²) < 4.78 is 5.54. The number of hydrogen-bond acceptors (Lipinski definition) is 3.